The van der Waals surface area contributed by atoms with Gasteiger partial charge in [-0.2, -0.15) is 0 Å². The molecule has 0 aliphatic rings. The monoisotopic (exact) mass is 1080 g/mol. The second-order valence-corrected chi connectivity index (χ2v) is 16.0. The van der Waals surface area contributed by atoms with Gasteiger partial charge in [0.15, 0.2) is 0 Å². The third kappa shape index (κ3) is 42.9. The van der Waals surface area contributed by atoms with E-state index in [-0.39, 0.29) is 104 Å². The normalized spacial score (nSPS) is 11.8. The fourth-order valence-corrected chi connectivity index (χ4v) is 6.82. The molecule has 0 rings (SSSR count). The van der Waals surface area contributed by atoms with E-state index in [1.165, 1.54) is 0 Å². The van der Waals surface area contributed by atoms with E-state index in [2.05, 4.69) is 24.5 Å². The molecule has 16 nitrogen and oxygen atoms in total. The third-order valence-corrected chi connectivity index (χ3v) is 10.5. The quantitative estimate of drug-likeness (QED) is 0.0297. The molecule has 402 valence electrons. The Morgan fingerprint density at radius 2 is 0.701 bits per heavy atom. The van der Waals surface area contributed by atoms with Gasteiger partial charge in [-0.3, -0.25) is 24.0 Å². The average Bonchev–Trinajstić information content (AvgIpc) is 3.25. The van der Waals surface area contributed by atoms with Crippen molar-refractivity contribution in [3.05, 3.63) is 24.3 Å². The molecule has 0 fully saturated rings. The molecule has 0 aromatic carbocycles. The molecule has 0 unspecified atom stereocenters. The molecule has 0 aliphatic heterocycles. The first kappa shape index (κ1) is 79.5. The molecule has 0 saturated heterocycles. The number of halogens is 6. The Balaban J connectivity index is -0.00000120. The highest BCUT2D eigenvalue weighted by Gasteiger charge is 2.25. The first-order chi connectivity index (χ1) is 29.5. The second kappa shape index (κ2) is 55.3. The molecule has 0 heterocycles. The van der Waals surface area contributed by atoms with Crippen molar-refractivity contribution in [2.45, 2.75) is 160 Å². The third-order valence-electron chi connectivity index (χ3n) is 10.5. The molecular formula is C45H95Cl6N11O5. The first-order valence-electron chi connectivity index (χ1n) is 23.5. The number of hydrogen-bond acceptors (Lipinski definition) is 11. The number of nitrogens with two attached hydrogens (primary N) is 6. The van der Waals surface area contributed by atoms with Crippen LogP contribution in [0.1, 0.15) is 142 Å². The Kier molecular flexibility index (Phi) is 65.5. The van der Waals surface area contributed by atoms with Gasteiger partial charge in [-0.25, -0.2) is 0 Å². The minimum Gasteiger partial charge on any atom is -0.356 e. The molecule has 0 radical (unpaired) electrons. The number of nitrogens with one attached hydrogen (secondary N) is 2. The maximum Gasteiger partial charge on any atom is 0.239 e. The molecule has 0 aromatic heterocycles. The van der Waals surface area contributed by atoms with E-state index in [0.29, 0.717) is 149 Å². The lowest BCUT2D eigenvalue weighted by Crippen LogP contribution is -2.47. The number of unbranched alkanes of at least 4 members (excludes halogenated alkanes) is 4. The number of hydrogen-bond donors (Lipinski definition) is 8. The van der Waals surface area contributed by atoms with E-state index in [1.807, 2.05) is 24.3 Å². The summed E-state index contributed by atoms with van der Waals surface area (Å²) >= 11 is 0. The summed E-state index contributed by atoms with van der Waals surface area (Å²) in [5, 5.41) is 5.91. The lowest BCUT2D eigenvalue weighted by atomic mass is 10.1. The van der Waals surface area contributed by atoms with E-state index in [4.69, 9.17) is 34.4 Å². The van der Waals surface area contributed by atoms with Gasteiger partial charge in [0, 0.05) is 65.2 Å². The van der Waals surface area contributed by atoms with E-state index in [9.17, 15) is 24.0 Å². The second-order valence-electron chi connectivity index (χ2n) is 16.0. The minimum absolute atomic E-state index is 0. The summed E-state index contributed by atoms with van der Waals surface area (Å²) in [6, 6.07) is -1.98. The number of carbonyl (C=O) groups excluding carboxylic acids is 5. The van der Waals surface area contributed by atoms with Gasteiger partial charge < -0.3 is 59.7 Å². The van der Waals surface area contributed by atoms with Crippen LogP contribution in [0.2, 0.25) is 0 Å². The Morgan fingerprint density at radius 3 is 0.985 bits per heavy atom. The molecule has 14 N–H and O–H groups in total. The lowest BCUT2D eigenvalue weighted by Gasteiger charge is -2.30. The summed E-state index contributed by atoms with van der Waals surface area (Å²) in [5.41, 5.74) is 36.2. The van der Waals surface area contributed by atoms with Crippen LogP contribution in [0.5, 0.6) is 0 Å². The molecule has 0 aromatic rings. The Bertz CT molecular complexity index is 1250. The Morgan fingerprint density at radius 1 is 0.418 bits per heavy atom. The first-order valence-corrected chi connectivity index (χ1v) is 23.5. The van der Waals surface area contributed by atoms with Gasteiger partial charge in [-0.15, -0.1) is 74.4 Å². The van der Waals surface area contributed by atoms with Gasteiger partial charge in [0.1, 0.15) is 0 Å². The summed E-state index contributed by atoms with van der Waals surface area (Å²) in [6.07, 6.45) is 21.3. The van der Waals surface area contributed by atoms with Crippen LogP contribution in [0.15, 0.2) is 24.3 Å². The van der Waals surface area contributed by atoms with Crippen LogP contribution in [-0.2, 0) is 24.0 Å². The molecule has 22 heteroatoms. The molecule has 0 aliphatic carbocycles. The van der Waals surface area contributed by atoms with Crippen LogP contribution in [0.25, 0.3) is 0 Å². The average molecular weight is 1080 g/mol. The number of carbonyl (C=O) groups is 5. The standard InChI is InChI=1S/C45H89N11O5.6ClH/c1-3-5-7-9-25-41(57)52-30-19-34-54(43(59)38(49)22-11-14-27-46)32-17-18-33-55(44(60)39(50)23-12-15-28-47)36-21-37-56(45(61)40(51)24-13-16-29-48)35-20-31-53-42(58)26-10-8-6-4-2;;;;;;/h5-8,38-40H,3-4,9-37,46-51H2,1-2H3,(H,52,57)(H,53,58);6*1H/b7-5-,8-6-;;;;;;/t38-,39-,40-;;;;;;/m1....../s1. The van der Waals surface area contributed by atoms with Crippen molar-refractivity contribution in [1.29, 1.82) is 0 Å². The van der Waals surface area contributed by atoms with Crippen molar-refractivity contribution < 1.29 is 24.0 Å². The van der Waals surface area contributed by atoms with Crippen LogP contribution < -0.4 is 45.0 Å². The van der Waals surface area contributed by atoms with Crippen LogP contribution in [0, 0.1) is 0 Å². The Labute approximate surface area is 442 Å². The van der Waals surface area contributed by atoms with E-state index in [0.717, 1.165) is 51.4 Å². The largest absolute Gasteiger partial charge is 0.356 e. The Hall–Kier alpha value is -1.67. The predicted molar refractivity (Wildman–Crippen MR) is 292 cm³/mol. The summed E-state index contributed by atoms with van der Waals surface area (Å²) in [7, 11) is 0. The van der Waals surface area contributed by atoms with Crippen LogP contribution in [0.4, 0.5) is 0 Å². The van der Waals surface area contributed by atoms with Crippen molar-refractivity contribution in [3.63, 3.8) is 0 Å². The van der Waals surface area contributed by atoms with Gasteiger partial charge >= 0.3 is 0 Å². The summed E-state index contributed by atoms with van der Waals surface area (Å²) in [4.78, 5) is 70.7. The van der Waals surface area contributed by atoms with Gasteiger partial charge in [0.05, 0.1) is 18.1 Å². The number of allylic oxidation sites excluding steroid dienone is 4. The van der Waals surface area contributed by atoms with Crippen LogP contribution in [0.3, 0.4) is 0 Å². The zero-order chi connectivity index (χ0) is 45.5. The van der Waals surface area contributed by atoms with E-state index < -0.39 is 18.1 Å². The lowest BCUT2D eigenvalue weighted by molar-refractivity contribution is -0.135. The molecule has 0 bridgehead atoms. The highest BCUT2D eigenvalue weighted by Crippen LogP contribution is 2.11. The SMILES string of the molecule is CC/C=C\CCC(=O)NCCCN(CCCCN(CCCN(CCCNC(=O)CC/C=C\CC)C(=O)[C@H](N)CCCCN)C(=O)[C@H](N)CCCCN)C(=O)[C@H](N)CCCCN.Cl.Cl.Cl.Cl.Cl.Cl. The highest BCUT2D eigenvalue weighted by molar-refractivity contribution is 5.86. The summed E-state index contributed by atoms with van der Waals surface area (Å²) in [6.45, 7) is 9.14. The zero-order valence-electron chi connectivity index (χ0n) is 40.8. The number of rotatable bonds is 40. The summed E-state index contributed by atoms with van der Waals surface area (Å²) in [5.74, 6) is -0.477. The van der Waals surface area contributed by atoms with Crippen molar-refractivity contribution in [3.8, 4) is 0 Å². The van der Waals surface area contributed by atoms with E-state index >= 15 is 0 Å². The maximum atomic E-state index is 13.8. The molecule has 5 amide bonds. The summed E-state index contributed by atoms with van der Waals surface area (Å²) < 4.78 is 0. The highest BCUT2D eigenvalue weighted by atomic mass is 35.5. The van der Waals surface area contributed by atoms with Crippen molar-refractivity contribution in [1.82, 2.24) is 25.3 Å². The molecular weight excluding hydrogens is 987 g/mol. The number of nitrogens with zero attached hydrogens (tertiary/aromatic N) is 3. The maximum absolute atomic E-state index is 13.8. The van der Waals surface area contributed by atoms with Crippen molar-refractivity contribution in [2.24, 2.45) is 34.4 Å². The van der Waals surface area contributed by atoms with Gasteiger partial charge in [0.25, 0.3) is 0 Å². The van der Waals surface area contributed by atoms with Gasteiger partial charge in [-0.1, -0.05) is 57.4 Å². The smallest absolute Gasteiger partial charge is 0.239 e. The molecule has 0 spiro atoms. The molecule has 3 atom stereocenters. The van der Waals surface area contributed by atoms with Crippen molar-refractivity contribution in [2.75, 3.05) is 72.0 Å². The van der Waals surface area contributed by atoms with Crippen LogP contribution in [-0.4, -0.2) is 134 Å². The van der Waals surface area contributed by atoms with Crippen LogP contribution >= 0.6 is 74.4 Å². The van der Waals surface area contributed by atoms with Gasteiger partial charge in [0.2, 0.25) is 29.5 Å². The van der Waals surface area contributed by atoms with Gasteiger partial charge in [-0.05, 0) is 116 Å². The van der Waals surface area contributed by atoms with E-state index in [1.54, 1.807) is 14.7 Å². The fourth-order valence-electron chi connectivity index (χ4n) is 6.82. The molecule has 0 saturated carbocycles. The number of amides is 5. The predicted octanol–water partition coefficient (Wildman–Crippen LogP) is 5.05. The minimum atomic E-state index is -0.677. The topological polar surface area (TPSA) is 275 Å². The zero-order valence-corrected chi connectivity index (χ0v) is 45.7. The fraction of sp³-hybridized carbons (Fsp3) is 0.800. The molecule has 67 heavy (non-hydrogen) atoms. The van der Waals surface area contributed by atoms with Crippen molar-refractivity contribution >= 4 is 104 Å².